The number of fused-ring (bicyclic) bond motifs is 1. The van der Waals surface area contributed by atoms with Crippen molar-refractivity contribution < 1.29 is 9.47 Å². The summed E-state index contributed by atoms with van der Waals surface area (Å²) in [5.41, 5.74) is 2.10. The third-order valence-corrected chi connectivity index (χ3v) is 4.91. The number of allylic oxidation sites excluding steroid dienone is 1. The van der Waals surface area contributed by atoms with Crippen LogP contribution in [-0.4, -0.2) is 18.2 Å². The van der Waals surface area contributed by atoms with Gasteiger partial charge >= 0.3 is 0 Å². The molecule has 0 aliphatic carbocycles. The molecule has 0 unspecified atom stereocenters. The molecule has 0 atom stereocenters. The normalized spacial score (nSPS) is 11.6. The third kappa shape index (κ3) is 3.82. The van der Waals surface area contributed by atoms with Gasteiger partial charge in [-0.15, -0.1) is 11.3 Å². The first-order valence-corrected chi connectivity index (χ1v) is 9.23. The van der Waals surface area contributed by atoms with E-state index in [-0.39, 0.29) is 6.10 Å². The van der Waals surface area contributed by atoms with Crippen LogP contribution >= 0.6 is 22.9 Å². The highest BCUT2D eigenvalue weighted by molar-refractivity contribution is 7.19. The lowest BCUT2D eigenvalue weighted by Gasteiger charge is -2.15. The number of aromatic nitrogens is 1. The van der Waals surface area contributed by atoms with Crippen LogP contribution in [0.25, 0.3) is 21.9 Å². The lowest BCUT2D eigenvalue weighted by atomic mass is 10.1. The van der Waals surface area contributed by atoms with Gasteiger partial charge in [-0.25, -0.2) is 4.98 Å². The predicted octanol–water partition coefficient (Wildman–Crippen LogP) is 5.81. The summed E-state index contributed by atoms with van der Waals surface area (Å²) in [4.78, 5) is 4.54. The van der Waals surface area contributed by atoms with E-state index in [1.807, 2.05) is 38.1 Å². The first-order chi connectivity index (χ1) is 12.5. The summed E-state index contributed by atoms with van der Waals surface area (Å²) >= 11 is 7.85. The molecule has 26 heavy (non-hydrogen) atoms. The van der Waals surface area contributed by atoms with E-state index in [0.717, 1.165) is 15.8 Å². The molecular weight excluding hydrogens is 368 g/mol. The zero-order chi connectivity index (χ0) is 18.7. The van der Waals surface area contributed by atoms with Crippen molar-refractivity contribution in [3.05, 3.63) is 52.0 Å². The van der Waals surface area contributed by atoms with Crippen molar-refractivity contribution in [1.82, 2.24) is 4.98 Å². The zero-order valence-electron chi connectivity index (χ0n) is 14.6. The second kappa shape index (κ2) is 7.77. The molecule has 0 amide bonds. The van der Waals surface area contributed by atoms with Crippen LogP contribution in [-0.2, 0) is 0 Å². The number of nitriles is 1. The summed E-state index contributed by atoms with van der Waals surface area (Å²) in [6.45, 7) is 3.84. The monoisotopic (exact) mass is 384 g/mol. The largest absolute Gasteiger partial charge is 0.493 e. The fraction of sp³-hybridized carbons (Fsp3) is 0.200. The van der Waals surface area contributed by atoms with Crippen LogP contribution in [0, 0.1) is 11.3 Å². The molecule has 3 aromatic rings. The maximum Gasteiger partial charge on any atom is 0.180 e. The number of hydrogen-bond acceptors (Lipinski definition) is 5. The minimum Gasteiger partial charge on any atom is -0.493 e. The Kier molecular flexibility index (Phi) is 5.46. The highest BCUT2D eigenvalue weighted by atomic mass is 35.5. The van der Waals surface area contributed by atoms with Crippen LogP contribution in [0.1, 0.15) is 24.4 Å². The van der Waals surface area contributed by atoms with Gasteiger partial charge in [0.2, 0.25) is 0 Å². The molecule has 0 fully saturated rings. The van der Waals surface area contributed by atoms with Crippen LogP contribution in [0.2, 0.25) is 5.02 Å². The van der Waals surface area contributed by atoms with Gasteiger partial charge in [-0.3, -0.25) is 0 Å². The average molecular weight is 385 g/mol. The van der Waals surface area contributed by atoms with Gasteiger partial charge in [0.05, 0.1) is 34.0 Å². The molecule has 0 saturated heterocycles. The number of rotatable bonds is 5. The number of nitrogens with zero attached hydrogens (tertiary/aromatic N) is 2. The first-order valence-electron chi connectivity index (χ1n) is 8.03. The standard InChI is InChI=1S/C20H17ClN2O2S/c1-12(2)25-19-15(21)9-13(10-17(19)24-3)8-14(11-22)20-23-16-6-4-5-7-18(16)26-20/h4-10,12H,1-3H3/b14-8+. The molecule has 0 spiro atoms. The molecule has 0 aliphatic heterocycles. The van der Waals surface area contributed by atoms with Gasteiger partial charge < -0.3 is 9.47 Å². The second-order valence-electron chi connectivity index (χ2n) is 5.86. The van der Waals surface area contributed by atoms with Crippen LogP contribution in [0.3, 0.4) is 0 Å². The lowest BCUT2D eigenvalue weighted by Crippen LogP contribution is -2.07. The number of hydrogen-bond donors (Lipinski definition) is 0. The molecular formula is C20H17ClN2O2S. The van der Waals surface area contributed by atoms with E-state index < -0.39 is 0 Å². The summed E-state index contributed by atoms with van der Waals surface area (Å²) in [5.74, 6) is 1.03. The molecule has 0 saturated carbocycles. The molecule has 1 aromatic heterocycles. The van der Waals surface area contributed by atoms with Crippen molar-refractivity contribution in [2.75, 3.05) is 7.11 Å². The van der Waals surface area contributed by atoms with Gasteiger partial charge in [-0.05, 0) is 49.8 Å². The van der Waals surface area contributed by atoms with Crippen LogP contribution < -0.4 is 9.47 Å². The Bertz CT molecular complexity index is 985. The molecule has 0 N–H and O–H groups in total. The predicted molar refractivity (Wildman–Crippen MR) is 107 cm³/mol. The molecule has 3 rings (SSSR count). The Balaban J connectivity index is 2.04. The molecule has 2 aromatic carbocycles. The Labute approximate surface area is 161 Å². The number of ether oxygens (including phenoxy) is 2. The van der Waals surface area contributed by atoms with E-state index >= 15 is 0 Å². The Hall–Kier alpha value is -2.55. The van der Waals surface area contributed by atoms with Gasteiger partial charge in [-0.2, -0.15) is 5.26 Å². The Morgan fingerprint density at radius 2 is 2.08 bits per heavy atom. The van der Waals surface area contributed by atoms with Gasteiger partial charge in [0.1, 0.15) is 11.1 Å². The van der Waals surface area contributed by atoms with Crippen LogP contribution in [0.15, 0.2) is 36.4 Å². The number of methoxy groups -OCH3 is 1. The summed E-state index contributed by atoms with van der Waals surface area (Å²) < 4.78 is 12.2. The first kappa shape index (κ1) is 18.2. The summed E-state index contributed by atoms with van der Waals surface area (Å²) in [6, 6.07) is 13.6. The smallest absolute Gasteiger partial charge is 0.180 e. The van der Waals surface area contributed by atoms with Crippen LogP contribution in [0.4, 0.5) is 0 Å². The van der Waals surface area contributed by atoms with Gasteiger partial charge in [0, 0.05) is 0 Å². The average Bonchev–Trinajstić information content (AvgIpc) is 3.05. The van der Waals surface area contributed by atoms with Crippen molar-refractivity contribution in [3.63, 3.8) is 0 Å². The van der Waals surface area contributed by atoms with Crippen molar-refractivity contribution >= 4 is 44.8 Å². The fourth-order valence-electron chi connectivity index (χ4n) is 2.47. The van der Waals surface area contributed by atoms with E-state index in [1.54, 1.807) is 25.3 Å². The molecule has 0 radical (unpaired) electrons. The summed E-state index contributed by atoms with van der Waals surface area (Å²) in [6.07, 6.45) is 1.73. The second-order valence-corrected chi connectivity index (χ2v) is 7.30. The molecule has 4 nitrogen and oxygen atoms in total. The minimum absolute atomic E-state index is 0.0276. The molecule has 0 bridgehead atoms. The van der Waals surface area contributed by atoms with Crippen molar-refractivity contribution in [2.24, 2.45) is 0 Å². The maximum absolute atomic E-state index is 9.59. The minimum atomic E-state index is -0.0276. The topological polar surface area (TPSA) is 55.1 Å². The van der Waals surface area contributed by atoms with E-state index in [0.29, 0.717) is 27.1 Å². The highest BCUT2D eigenvalue weighted by Gasteiger charge is 2.14. The summed E-state index contributed by atoms with van der Waals surface area (Å²) in [5, 5.41) is 10.7. The summed E-state index contributed by atoms with van der Waals surface area (Å²) in [7, 11) is 1.56. The van der Waals surface area contributed by atoms with Crippen molar-refractivity contribution in [1.29, 1.82) is 5.26 Å². The fourth-order valence-corrected chi connectivity index (χ4v) is 3.66. The zero-order valence-corrected chi connectivity index (χ0v) is 16.2. The highest BCUT2D eigenvalue weighted by Crippen LogP contribution is 2.38. The van der Waals surface area contributed by atoms with Gasteiger partial charge in [0.25, 0.3) is 0 Å². The lowest BCUT2D eigenvalue weighted by molar-refractivity contribution is 0.230. The van der Waals surface area contributed by atoms with Gasteiger partial charge in [0.15, 0.2) is 11.5 Å². The van der Waals surface area contributed by atoms with Crippen LogP contribution in [0.5, 0.6) is 11.5 Å². The SMILES string of the molecule is COc1cc(/C=C(\C#N)c2nc3ccccc3s2)cc(Cl)c1OC(C)C. The molecule has 6 heteroatoms. The third-order valence-electron chi connectivity index (χ3n) is 3.56. The number of thiazole rings is 1. The molecule has 0 aliphatic rings. The van der Waals surface area contributed by atoms with Gasteiger partial charge in [-0.1, -0.05) is 23.7 Å². The number of halogens is 1. The van der Waals surface area contributed by atoms with E-state index in [4.69, 9.17) is 21.1 Å². The molecule has 1 heterocycles. The van der Waals surface area contributed by atoms with E-state index in [2.05, 4.69) is 11.1 Å². The Morgan fingerprint density at radius 3 is 2.73 bits per heavy atom. The van der Waals surface area contributed by atoms with E-state index in [9.17, 15) is 5.26 Å². The van der Waals surface area contributed by atoms with E-state index in [1.165, 1.54) is 11.3 Å². The van der Waals surface area contributed by atoms with Crippen molar-refractivity contribution in [2.45, 2.75) is 20.0 Å². The number of para-hydroxylation sites is 1. The Morgan fingerprint density at radius 1 is 1.31 bits per heavy atom. The van der Waals surface area contributed by atoms with Crippen molar-refractivity contribution in [3.8, 4) is 17.6 Å². The number of benzene rings is 2. The maximum atomic E-state index is 9.59. The quantitative estimate of drug-likeness (QED) is 0.521. The molecule has 132 valence electrons.